The molecule has 0 radical (unpaired) electrons. The number of piperidine rings is 1. The summed E-state index contributed by atoms with van der Waals surface area (Å²) in [7, 11) is 0. The lowest BCUT2D eigenvalue weighted by molar-refractivity contribution is -0.137. The Balaban J connectivity index is 0.00000171. The highest BCUT2D eigenvalue weighted by molar-refractivity contribution is 7.99. The smallest absolute Gasteiger partial charge is 0.331 e. The molecule has 3 saturated heterocycles. The topological polar surface area (TPSA) is 35.6 Å². The summed E-state index contributed by atoms with van der Waals surface area (Å²) < 4.78 is 39.4. The molecule has 3 aliphatic rings. The van der Waals surface area contributed by atoms with Gasteiger partial charge in [-0.05, 0) is 56.0 Å². The fourth-order valence-electron chi connectivity index (χ4n) is 4.60. The predicted molar refractivity (Wildman–Crippen MR) is 124 cm³/mol. The molecule has 0 saturated carbocycles. The normalized spacial score (nSPS) is 25.2. The van der Waals surface area contributed by atoms with E-state index in [-0.39, 0.29) is 47.7 Å². The molecule has 0 aliphatic carbocycles. The van der Waals surface area contributed by atoms with Gasteiger partial charge >= 0.3 is 6.18 Å². The number of carbonyl (C=O) groups is 1. The Labute approximate surface area is 202 Å². The van der Waals surface area contributed by atoms with Gasteiger partial charge in [0.25, 0.3) is 0 Å². The fourth-order valence-corrected chi connectivity index (χ4v) is 5.78. The molecular weight excluding hydrogens is 494 g/mol. The van der Waals surface area contributed by atoms with Crippen molar-refractivity contribution in [3.05, 3.63) is 34.3 Å². The van der Waals surface area contributed by atoms with Crippen LogP contribution in [0.3, 0.4) is 0 Å². The van der Waals surface area contributed by atoms with Gasteiger partial charge in [0.1, 0.15) is 0 Å². The van der Waals surface area contributed by atoms with Crippen molar-refractivity contribution in [2.75, 3.05) is 37.8 Å². The maximum atomic E-state index is 13.1. The van der Waals surface area contributed by atoms with Crippen LogP contribution in [-0.4, -0.2) is 65.6 Å². The van der Waals surface area contributed by atoms with E-state index >= 15 is 0 Å². The Kier molecular flexibility index (Phi) is 9.68. The van der Waals surface area contributed by atoms with Gasteiger partial charge in [0.15, 0.2) is 0 Å². The van der Waals surface area contributed by atoms with Crippen LogP contribution in [0.5, 0.6) is 0 Å². The first-order valence-corrected chi connectivity index (χ1v) is 11.6. The molecule has 0 spiro atoms. The molecule has 1 aromatic rings. The highest BCUT2D eigenvalue weighted by Crippen LogP contribution is 2.38. The van der Waals surface area contributed by atoms with Gasteiger partial charge in [0.2, 0.25) is 5.91 Å². The average molecular weight is 521 g/mol. The quantitative estimate of drug-likeness (QED) is 0.630. The number of benzene rings is 1. The van der Waals surface area contributed by atoms with Crippen LogP contribution in [0.25, 0.3) is 0 Å². The zero-order chi connectivity index (χ0) is 20.6. The van der Waals surface area contributed by atoms with E-state index in [9.17, 15) is 18.0 Å². The molecule has 3 fully saturated rings. The lowest BCUT2D eigenvalue weighted by atomic mass is 9.88. The minimum absolute atomic E-state index is 0. The monoisotopic (exact) mass is 519 g/mol. The first-order valence-electron chi connectivity index (χ1n) is 10.0. The van der Waals surface area contributed by atoms with Crippen LogP contribution < -0.4 is 5.32 Å². The number of hydrogen-bond donors (Lipinski definition) is 1. The first kappa shape index (κ1) is 26.9. The van der Waals surface area contributed by atoms with Crippen molar-refractivity contribution in [1.82, 2.24) is 15.1 Å². The van der Waals surface area contributed by atoms with Crippen LogP contribution in [0.4, 0.5) is 13.2 Å². The van der Waals surface area contributed by atoms with Crippen LogP contribution >= 0.6 is 48.2 Å². The molecule has 3 heterocycles. The van der Waals surface area contributed by atoms with Gasteiger partial charge < -0.3 is 10.2 Å². The molecule has 1 N–H and O–H groups in total. The summed E-state index contributed by atoms with van der Waals surface area (Å²) in [6.07, 6.45) is -1.99. The number of thioether (sulfide) groups is 1. The Morgan fingerprint density at radius 3 is 2.48 bits per heavy atom. The Morgan fingerprint density at radius 2 is 1.87 bits per heavy atom. The van der Waals surface area contributed by atoms with Crippen molar-refractivity contribution in [3.8, 4) is 0 Å². The van der Waals surface area contributed by atoms with E-state index in [0.29, 0.717) is 11.6 Å². The third-order valence-electron chi connectivity index (χ3n) is 6.28. The van der Waals surface area contributed by atoms with Crippen molar-refractivity contribution in [3.63, 3.8) is 0 Å². The minimum atomic E-state index is -4.43. The van der Waals surface area contributed by atoms with E-state index in [0.717, 1.165) is 57.1 Å². The second-order valence-corrected chi connectivity index (χ2v) is 9.52. The summed E-state index contributed by atoms with van der Waals surface area (Å²) in [5.41, 5.74) is -0.0361. The number of nitrogens with one attached hydrogen (secondary N) is 1. The number of rotatable bonds is 3. The largest absolute Gasteiger partial charge is 0.417 e. The maximum Gasteiger partial charge on any atom is 0.417 e. The van der Waals surface area contributed by atoms with E-state index in [2.05, 4.69) is 10.2 Å². The zero-order valence-electron chi connectivity index (χ0n) is 16.9. The maximum absolute atomic E-state index is 13.1. The fraction of sp³-hybridized carbons (Fsp3) is 0.650. The van der Waals surface area contributed by atoms with Gasteiger partial charge in [-0.25, -0.2) is 0 Å². The Morgan fingerprint density at radius 1 is 1.16 bits per heavy atom. The van der Waals surface area contributed by atoms with E-state index in [1.807, 2.05) is 4.90 Å². The SMILES string of the molecule is Cl.Cl.O=C([C@@H]1C[C@H](N2CCC(c3ccc(Cl)c(C(F)(F)F)c3)CC2)CN1)N1CCSC1. The van der Waals surface area contributed by atoms with Gasteiger partial charge in [-0.15, -0.1) is 36.6 Å². The van der Waals surface area contributed by atoms with Crippen molar-refractivity contribution >= 4 is 54.1 Å². The third-order valence-corrected chi connectivity index (χ3v) is 7.58. The lowest BCUT2D eigenvalue weighted by Crippen LogP contribution is -2.42. The third kappa shape index (κ3) is 6.15. The molecule has 2 atom stereocenters. The van der Waals surface area contributed by atoms with E-state index in [4.69, 9.17) is 11.6 Å². The number of carbonyl (C=O) groups excluding carboxylic acids is 1. The highest BCUT2D eigenvalue weighted by Gasteiger charge is 2.38. The van der Waals surface area contributed by atoms with Crippen molar-refractivity contribution in [2.24, 2.45) is 0 Å². The molecule has 176 valence electrons. The lowest BCUT2D eigenvalue weighted by Gasteiger charge is -2.36. The van der Waals surface area contributed by atoms with Crippen LogP contribution in [-0.2, 0) is 11.0 Å². The summed E-state index contributed by atoms with van der Waals surface area (Å²) in [4.78, 5) is 16.9. The van der Waals surface area contributed by atoms with Gasteiger partial charge in [-0.2, -0.15) is 13.2 Å². The molecule has 4 nitrogen and oxygen atoms in total. The number of likely N-dealkylation sites (tertiary alicyclic amines) is 1. The molecule has 4 rings (SSSR count). The van der Waals surface area contributed by atoms with Crippen LogP contribution in [0.1, 0.15) is 36.3 Å². The Bertz CT molecular complexity index is 757. The Hall–Kier alpha value is -0.380. The van der Waals surface area contributed by atoms with Crippen LogP contribution in [0, 0.1) is 0 Å². The zero-order valence-corrected chi connectivity index (χ0v) is 20.1. The number of alkyl halides is 3. The summed E-state index contributed by atoms with van der Waals surface area (Å²) in [5, 5.41) is 3.12. The van der Waals surface area contributed by atoms with E-state index in [1.54, 1.807) is 17.8 Å². The average Bonchev–Trinajstić information content (AvgIpc) is 3.39. The van der Waals surface area contributed by atoms with Crippen molar-refractivity contribution < 1.29 is 18.0 Å². The van der Waals surface area contributed by atoms with Crippen molar-refractivity contribution in [1.29, 1.82) is 0 Å². The van der Waals surface area contributed by atoms with Gasteiger partial charge in [-0.1, -0.05) is 17.7 Å². The molecule has 11 heteroatoms. The molecular formula is C20H27Cl3F3N3OS. The van der Waals surface area contributed by atoms with Gasteiger partial charge in [-0.3, -0.25) is 9.69 Å². The molecule has 0 bridgehead atoms. The number of nitrogens with zero attached hydrogens (tertiary/aromatic N) is 2. The summed E-state index contributed by atoms with van der Waals surface area (Å²) >= 11 is 7.54. The number of halogens is 6. The van der Waals surface area contributed by atoms with E-state index < -0.39 is 11.7 Å². The van der Waals surface area contributed by atoms with Crippen molar-refractivity contribution in [2.45, 2.75) is 43.4 Å². The van der Waals surface area contributed by atoms with Gasteiger partial charge in [0.05, 0.1) is 22.5 Å². The second kappa shape index (κ2) is 11.2. The second-order valence-electron chi connectivity index (χ2n) is 8.04. The van der Waals surface area contributed by atoms with Crippen LogP contribution in [0.15, 0.2) is 18.2 Å². The summed E-state index contributed by atoms with van der Waals surface area (Å²) in [5.74, 6) is 2.11. The molecule has 31 heavy (non-hydrogen) atoms. The summed E-state index contributed by atoms with van der Waals surface area (Å²) in [6, 6.07) is 4.50. The first-order chi connectivity index (χ1) is 13.8. The molecule has 3 aliphatic heterocycles. The molecule has 1 aromatic carbocycles. The number of amides is 1. The number of hydrogen-bond acceptors (Lipinski definition) is 4. The van der Waals surface area contributed by atoms with Gasteiger partial charge in [0, 0.05) is 24.9 Å². The van der Waals surface area contributed by atoms with Crippen LogP contribution in [0.2, 0.25) is 5.02 Å². The molecule has 0 unspecified atom stereocenters. The minimum Gasteiger partial charge on any atom is -0.331 e. The predicted octanol–water partition coefficient (Wildman–Crippen LogP) is 4.65. The standard InChI is InChI=1S/C20H25ClF3N3OS.2ClH/c21-17-2-1-14(9-16(17)20(22,23)24)13-3-5-26(6-4-13)15-10-18(25-11-15)19(28)27-7-8-29-12-27;;/h1-2,9,13,15,18,25H,3-8,10-12H2;2*1H/t15-,18-;;/m0../s1. The van der Waals surface area contributed by atoms with E-state index in [1.165, 1.54) is 12.1 Å². The highest BCUT2D eigenvalue weighted by atomic mass is 35.5. The molecule has 1 amide bonds. The molecule has 0 aromatic heterocycles. The summed E-state index contributed by atoms with van der Waals surface area (Å²) in [6.45, 7) is 3.29.